The molecule has 0 spiro atoms. The molecule has 2 aromatic carbocycles. The van der Waals surface area contributed by atoms with Gasteiger partial charge in [-0.05, 0) is 18.6 Å². The van der Waals surface area contributed by atoms with Crippen molar-refractivity contribution in [2.45, 2.75) is 12.7 Å². The quantitative estimate of drug-likeness (QED) is 0.411. The van der Waals surface area contributed by atoms with Crippen molar-refractivity contribution in [2.24, 2.45) is 5.10 Å². The minimum Gasteiger partial charge on any atom is -0.360 e. The predicted octanol–water partition coefficient (Wildman–Crippen LogP) is 4.70. The standard InChI is InChI=1S/C18H17N3S2/c1-13(16-11-19-17-10-6-5-9-15(16)17)20-21-18(22)23-12-14-7-3-2-4-8-14/h2-11,19H,12H2,1H3,(H,21,22)/b20-13+. The lowest BCUT2D eigenvalue weighted by Crippen LogP contribution is -2.14. The van der Waals surface area contributed by atoms with Crippen LogP contribution in [0.1, 0.15) is 18.1 Å². The number of para-hydroxylation sites is 1. The predicted molar refractivity (Wildman–Crippen MR) is 104 cm³/mol. The van der Waals surface area contributed by atoms with Crippen molar-refractivity contribution in [2.75, 3.05) is 0 Å². The minimum absolute atomic E-state index is 0.674. The summed E-state index contributed by atoms with van der Waals surface area (Å²) in [5.41, 5.74) is 7.33. The maximum Gasteiger partial charge on any atom is 0.154 e. The number of hydrogen-bond donors (Lipinski definition) is 2. The molecule has 0 radical (unpaired) electrons. The summed E-state index contributed by atoms with van der Waals surface area (Å²) in [5, 5.41) is 5.58. The molecule has 0 atom stereocenters. The largest absolute Gasteiger partial charge is 0.360 e. The SMILES string of the molecule is C/C(=N\NC(=S)SCc1ccccc1)c1c[nH]c2ccccc12. The average molecular weight is 339 g/mol. The zero-order valence-corrected chi connectivity index (χ0v) is 14.4. The van der Waals surface area contributed by atoms with Crippen LogP contribution in [0, 0.1) is 0 Å². The summed E-state index contributed by atoms with van der Waals surface area (Å²) in [6.45, 7) is 1.98. The number of aromatic nitrogens is 1. The normalized spacial score (nSPS) is 11.6. The third kappa shape index (κ3) is 4.00. The highest BCUT2D eigenvalue weighted by molar-refractivity contribution is 8.22. The molecule has 0 fully saturated rings. The fourth-order valence-electron chi connectivity index (χ4n) is 2.32. The number of aromatic amines is 1. The molecule has 0 saturated heterocycles. The van der Waals surface area contributed by atoms with Gasteiger partial charge in [-0.1, -0.05) is 72.5 Å². The first-order valence-electron chi connectivity index (χ1n) is 7.31. The molecule has 0 saturated carbocycles. The van der Waals surface area contributed by atoms with Gasteiger partial charge in [-0.15, -0.1) is 0 Å². The number of thiocarbonyl (C=S) groups is 1. The highest BCUT2D eigenvalue weighted by Gasteiger charge is 2.06. The Bertz CT molecular complexity index is 838. The van der Waals surface area contributed by atoms with Gasteiger partial charge in [-0.25, -0.2) is 0 Å². The number of nitrogens with zero attached hydrogens (tertiary/aromatic N) is 1. The van der Waals surface area contributed by atoms with Gasteiger partial charge in [-0.2, -0.15) is 5.10 Å². The molecule has 0 amide bonds. The molecule has 23 heavy (non-hydrogen) atoms. The topological polar surface area (TPSA) is 40.2 Å². The lowest BCUT2D eigenvalue weighted by atomic mass is 10.1. The Morgan fingerprint density at radius 2 is 1.87 bits per heavy atom. The van der Waals surface area contributed by atoms with Crippen molar-refractivity contribution in [3.8, 4) is 0 Å². The third-order valence-corrected chi connectivity index (χ3v) is 4.78. The van der Waals surface area contributed by atoms with Crippen molar-refractivity contribution < 1.29 is 0 Å². The summed E-state index contributed by atoms with van der Waals surface area (Å²) in [7, 11) is 0. The highest BCUT2D eigenvalue weighted by Crippen LogP contribution is 2.18. The van der Waals surface area contributed by atoms with Crippen LogP contribution in [0.15, 0.2) is 65.9 Å². The number of nitrogens with one attached hydrogen (secondary N) is 2. The summed E-state index contributed by atoms with van der Waals surface area (Å²) in [5.74, 6) is 0.842. The number of hydrazone groups is 1. The van der Waals surface area contributed by atoms with Gasteiger partial charge in [0.1, 0.15) is 0 Å². The van der Waals surface area contributed by atoms with Crippen molar-refractivity contribution in [1.82, 2.24) is 10.4 Å². The van der Waals surface area contributed by atoms with Gasteiger partial charge < -0.3 is 4.98 Å². The van der Waals surface area contributed by atoms with Crippen LogP contribution < -0.4 is 5.43 Å². The van der Waals surface area contributed by atoms with Crippen molar-refractivity contribution in [1.29, 1.82) is 0 Å². The molecule has 1 heterocycles. The van der Waals surface area contributed by atoms with E-state index in [0.29, 0.717) is 4.32 Å². The van der Waals surface area contributed by atoms with E-state index in [1.807, 2.05) is 43.5 Å². The first-order chi connectivity index (χ1) is 11.2. The van der Waals surface area contributed by atoms with Gasteiger partial charge in [0.05, 0.1) is 5.71 Å². The zero-order chi connectivity index (χ0) is 16.1. The van der Waals surface area contributed by atoms with Crippen molar-refractivity contribution in [3.05, 3.63) is 71.9 Å². The number of thioether (sulfide) groups is 1. The molecule has 2 N–H and O–H groups in total. The van der Waals surface area contributed by atoms with E-state index < -0.39 is 0 Å². The number of hydrogen-bond acceptors (Lipinski definition) is 3. The average Bonchev–Trinajstić information content (AvgIpc) is 3.03. The first-order valence-corrected chi connectivity index (χ1v) is 8.71. The number of fused-ring (bicyclic) bond motifs is 1. The van der Waals surface area contributed by atoms with Crippen molar-refractivity contribution >= 4 is 44.9 Å². The summed E-state index contributed by atoms with van der Waals surface area (Å²) in [4.78, 5) is 3.26. The van der Waals surface area contributed by atoms with E-state index >= 15 is 0 Å². The lowest BCUT2D eigenvalue weighted by Gasteiger charge is -2.04. The Kier molecular flexibility index (Phi) is 5.10. The Labute approximate surface area is 145 Å². The second-order valence-corrected chi connectivity index (χ2v) is 6.77. The Hall–Kier alpha value is -2.11. The van der Waals surface area contributed by atoms with Crippen LogP contribution in [-0.4, -0.2) is 15.0 Å². The second-order valence-electron chi connectivity index (χ2n) is 5.12. The maximum absolute atomic E-state index is 5.33. The molecule has 3 aromatic rings. The van der Waals surface area contributed by atoms with E-state index in [2.05, 4.69) is 39.8 Å². The lowest BCUT2D eigenvalue weighted by molar-refractivity contribution is 1.06. The van der Waals surface area contributed by atoms with E-state index in [-0.39, 0.29) is 0 Å². The second kappa shape index (κ2) is 7.44. The summed E-state index contributed by atoms with van der Waals surface area (Å²) < 4.78 is 0.674. The number of benzene rings is 2. The molecule has 1 aromatic heterocycles. The molecule has 0 bridgehead atoms. The fraction of sp³-hybridized carbons (Fsp3) is 0.111. The number of rotatable bonds is 4. The smallest absolute Gasteiger partial charge is 0.154 e. The van der Waals surface area contributed by atoms with Crippen LogP contribution in [0.3, 0.4) is 0 Å². The summed E-state index contributed by atoms with van der Waals surface area (Å²) >= 11 is 6.91. The van der Waals surface area contributed by atoms with Gasteiger partial charge in [0.15, 0.2) is 4.32 Å². The molecule has 0 unspecified atom stereocenters. The van der Waals surface area contributed by atoms with Crippen LogP contribution in [0.4, 0.5) is 0 Å². The van der Waals surface area contributed by atoms with Crippen molar-refractivity contribution in [3.63, 3.8) is 0 Å². The monoisotopic (exact) mass is 339 g/mol. The molecule has 3 nitrogen and oxygen atoms in total. The molecule has 0 aliphatic carbocycles. The molecular formula is C18H17N3S2. The van der Waals surface area contributed by atoms with E-state index in [0.717, 1.165) is 22.5 Å². The maximum atomic E-state index is 5.33. The highest BCUT2D eigenvalue weighted by atomic mass is 32.2. The molecule has 0 aliphatic rings. The summed E-state index contributed by atoms with van der Waals surface area (Å²) in [6, 6.07) is 18.5. The molecule has 0 aliphatic heterocycles. The fourth-order valence-corrected chi connectivity index (χ4v) is 3.14. The summed E-state index contributed by atoms with van der Waals surface area (Å²) in [6.07, 6.45) is 1.98. The number of H-pyrrole nitrogens is 1. The molecule has 3 rings (SSSR count). The van der Waals surface area contributed by atoms with Gasteiger partial charge in [0.25, 0.3) is 0 Å². The van der Waals surface area contributed by atoms with Crippen LogP contribution in [0.5, 0.6) is 0 Å². The van der Waals surface area contributed by atoms with Crippen LogP contribution >= 0.6 is 24.0 Å². The van der Waals surface area contributed by atoms with Gasteiger partial charge >= 0.3 is 0 Å². The zero-order valence-electron chi connectivity index (χ0n) is 12.7. The minimum atomic E-state index is 0.674. The van der Waals surface area contributed by atoms with E-state index in [9.17, 15) is 0 Å². The molecular weight excluding hydrogens is 322 g/mol. The van der Waals surface area contributed by atoms with E-state index in [4.69, 9.17) is 12.2 Å². The third-order valence-electron chi connectivity index (χ3n) is 3.51. The van der Waals surface area contributed by atoms with Crippen LogP contribution in [-0.2, 0) is 5.75 Å². The van der Waals surface area contributed by atoms with Crippen LogP contribution in [0.25, 0.3) is 10.9 Å². The van der Waals surface area contributed by atoms with Crippen LogP contribution in [0.2, 0.25) is 0 Å². The van der Waals surface area contributed by atoms with Gasteiger partial charge in [0, 0.05) is 28.4 Å². The van der Waals surface area contributed by atoms with E-state index in [1.165, 1.54) is 10.9 Å². The molecule has 116 valence electrons. The molecule has 5 heteroatoms. The Morgan fingerprint density at radius 1 is 1.13 bits per heavy atom. The van der Waals surface area contributed by atoms with E-state index in [1.54, 1.807) is 11.8 Å². The van der Waals surface area contributed by atoms with Gasteiger partial charge in [-0.3, -0.25) is 5.43 Å². The Balaban J connectivity index is 1.61. The first kappa shape index (κ1) is 15.8. The van der Waals surface area contributed by atoms with Gasteiger partial charge in [0.2, 0.25) is 0 Å². The Morgan fingerprint density at radius 3 is 2.70 bits per heavy atom.